The molecule has 0 aliphatic heterocycles. The molecule has 0 saturated carbocycles. The third-order valence-electron chi connectivity index (χ3n) is 2.91. The van der Waals surface area contributed by atoms with Gasteiger partial charge in [0.1, 0.15) is 0 Å². The summed E-state index contributed by atoms with van der Waals surface area (Å²) in [5, 5.41) is 8.89. The van der Waals surface area contributed by atoms with Crippen molar-refractivity contribution in [3.05, 3.63) is 35.4 Å². The first-order chi connectivity index (χ1) is 8.67. The fourth-order valence-electron chi connectivity index (χ4n) is 1.86. The Hall–Kier alpha value is -1.39. The molecule has 1 aromatic rings. The Kier molecular flexibility index (Phi) is 6.39. The van der Waals surface area contributed by atoms with Gasteiger partial charge in [-0.1, -0.05) is 31.2 Å². The number of hydrogen-bond donors (Lipinski definition) is 1. The van der Waals surface area contributed by atoms with Crippen LogP contribution in [0, 0.1) is 0 Å². The van der Waals surface area contributed by atoms with E-state index in [0.29, 0.717) is 6.61 Å². The first kappa shape index (κ1) is 14.7. The zero-order valence-electron chi connectivity index (χ0n) is 11.1. The van der Waals surface area contributed by atoms with E-state index in [4.69, 9.17) is 9.84 Å². The lowest BCUT2D eigenvalue weighted by atomic mass is 10.0. The van der Waals surface area contributed by atoms with Gasteiger partial charge in [0.25, 0.3) is 0 Å². The Morgan fingerprint density at radius 3 is 2.56 bits per heavy atom. The molecule has 100 valence electrons. The van der Waals surface area contributed by atoms with Gasteiger partial charge in [-0.2, -0.15) is 0 Å². The van der Waals surface area contributed by atoms with Gasteiger partial charge in [0.15, 0.2) is 0 Å². The molecule has 4 nitrogen and oxygen atoms in total. The van der Waals surface area contributed by atoms with Crippen LogP contribution in [-0.4, -0.2) is 42.8 Å². The van der Waals surface area contributed by atoms with E-state index < -0.39 is 5.97 Å². The summed E-state index contributed by atoms with van der Waals surface area (Å²) in [5.74, 6) is -0.789. The SMILES string of the molecule is CCN(CCOC)Cc1ccccc1CC(=O)O. The Labute approximate surface area is 108 Å². The molecule has 0 radical (unpaired) electrons. The van der Waals surface area contributed by atoms with E-state index in [-0.39, 0.29) is 6.42 Å². The van der Waals surface area contributed by atoms with Gasteiger partial charge in [0, 0.05) is 20.2 Å². The van der Waals surface area contributed by atoms with E-state index in [9.17, 15) is 4.79 Å². The molecule has 0 unspecified atom stereocenters. The number of nitrogens with zero attached hydrogens (tertiary/aromatic N) is 1. The summed E-state index contributed by atoms with van der Waals surface area (Å²) in [7, 11) is 1.69. The molecule has 0 aromatic heterocycles. The molecule has 0 atom stereocenters. The van der Waals surface area contributed by atoms with Crippen molar-refractivity contribution in [3.8, 4) is 0 Å². The summed E-state index contributed by atoms with van der Waals surface area (Å²) in [6.45, 7) is 5.33. The molecule has 0 aliphatic rings. The van der Waals surface area contributed by atoms with Crippen molar-refractivity contribution in [1.29, 1.82) is 0 Å². The lowest BCUT2D eigenvalue weighted by Crippen LogP contribution is -2.27. The van der Waals surface area contributed by atoms with E-state index in [0.717, 1.165) is 30.8 Å². The fourth-order valence-corrected chi connectivity index (χ4v) is 1.86. The number of carbonyl (C=O) groups is 1. The molecule has 4 heteroatoms. The fraction of sp³-hybridized carbons (Fsp3) is 0.500. The van der Waals surface area contributed by atoms with Crippen LogP contribution in [0.25, 0.3) is 0 Å². The average Bonchev–Trinajstić information content (AvgIpc) is 2.35. The number of rotatable bonds is 8. The zero-order valence-corrected chi connectivity index (χ0v) is 11.1. The lowest BCUT2D eigenvalue weighted by molar-refractivity contribution is -0.136. The molecule has 0 saturated heterocycles. The first-order valence-corrected chi connectivity index (χ1v) is 6.17. The van der Waals surface area contributed by atoms with Crippen LogP contribution in [0.15, 0.2) is 24.3 Å². The third-order valence-corrected chi connectivity index (χ3v) is 2.91. The molecule has 18 heavy (non-hydrogen) atoms. The van der Waals surface area contributed by atoms with Crippen molar-refractivity contribution in [2.75, 3.05) is 26.8 Å². The highest BCUT2D eigenvalue weighted by Gasteiger charge is 2.09. The van der Waals surface area contributed by atoms with E-state index in [2.05, 4.69) is 11.8 Å². The quantitative estimate of drug-likeness (QED) is 0.765. The van der Waals surface area contributed by atoms with Crippen LogP contribution in [0.3, 0.4) is 0 Å². The highest BCUT2D eigenvalue weighted by molar-refractivity contribution is 5.70. The van der Waals surface area contributed by atoms with Crippen molar-refractivity contribution >= 4 is 5.97 Å². The van der Waals surface area contributed by atoms with Crippen LogP contribution in [-0.2, 0) is 22.5 Å². The Balaban J connectivity index is 2.72. The van der Waals surface area contributed by atoms with Crippen LogP contribution >= 0.6 is 0 Å². The molecule has 0 bridgehead atoms. The van der Waals surface area contributed by atoms with E-state index in [1.165, 1.54) is 0 Å². The second-order valence-corrected chi connectivity index (χ2v) is 4.20. The summed E-state index contributed by atoms with van der Waals surface area (Å²) < 4.78 is 5.07. The third kappa shape index (κ3) is 4.85. The summed E-state index contributed by atoms with van der Waals surface area (Å²) in [5.41, 5.74) is 1.97. The first-order valence-electron chi connectivity index (χ1n) is 6.17. The number of methoxy groups -OCH3 is 1. The molecule has 0 fully saturated rings. The Bertz CT molecular complexity index is 379. The van der Waals surface area contributed by atoms with Gasteiger partial charge in [0.05, 0.1) is 13.0 Å². The molecular formula is C14H21NO3. The normalized spacial score (nSPS) is 10.8. The van der Waals surface area contributed by atoms with E-state index in [1.807, 2.05) is 24.3 Å². The molecule has 0 spiro atoms. The van der Waals surface area contributed by atoms with Crippen molar-refractivity contribution in [1.82, 2.24) is 4.90 Å². The topological polar surface area (TPSA) is 49.8 Å². The van der Waals surface area contributed by atoms with Crippen LogP contribution < -0.4 is 0 Å². The van der Waals surface area contributed by atoms with Gasteiger partial charge in [-0.15, -0.1) is 0 Å². The second-order valence-electron chi connectivity index (χ2n) is 4.20. The molecule has 0 heterocycles. The van der Waals surface area contributed by atoms with Crippen LogP contribution in [0.5, 0.6) is 0 Å². The molecule has 1 N–H and O–H groups in total. The number of hydrogen-bond acceptors (Lipinski definition) is 3. The molecule has 1 aromatic carbocycles. The standard InChI is InChI=1S/C14H21NO3/c1-3-15(8-9-18-2)11-13-7-5-4-6-12(13)10-14(16)17/h4-7H,3,8-11H2,1-2H3,(H,16,17). The molecule has 1 rings (SSSR count). The van der Waals surface area contributed by atoms with Gasteiger partial charge < -0.3 is 9.84 Å². The second kappa shape index (κ2) is 7.84. The van der Waals surface area contributed by atoms with Crippen molar-refractivity contribution in [2.24, 2.45) is 0 Å². The van der Waals surface area contributed by atoms with Gasteiger partial charge in [-0.25, -0.2) is 0 Å². The predicted molar refractivity (Wildman–Crippen MR) is 70.6 cm³/mol. The maximum atomic E-state index is 10.8. The van der Waals surface area contributed by atoms with Crippen molar-refractivity contribution in [3.63, 3.8) is 0 Å². The van der Waals surface area contributed by atoms with Crippen molar-refractivity contribution < 1.29 is 14.6 Å². The average molecular weight is 251 g/mol. The van der Waals surface area contributed by atoms with Gasteiger partial charge in [-0.3, -0.25) is 9.69 Å². The van der Waals surface area contributed by atoms with Gasteiger partial charge >= 0.3 is 5.97 Å². The minimum Gasteiger partial charge on any atom is -0.481 e. The summed E-state index contributed by atoms with van der Waals surface area (Å²) in [6, 6.07) is 7.71. The number of aliphatic carboxylic acids is 1. The lowest BCUT2D eigenvalue weighted by Gasteiger charge is -2.21. The highest BCUT2D eigenvalue weighted by Crippen LogP contribution is 2.12. The molecule has 0 aliphatic carbocycles. The summed E-state index contributed by atoms with van der Waals surface area (Å²) >= 11 is 0. The van der Waals surface area contributed by atoms with Crippen LogP contribution in [0.1, 0.15) is 18.1 Å². The molecule has 0 amide bonds. The summed E-state index contributed by atoms with van der Waals surface area (Å²) in [6.07, 6.45) is 0.0814. The Morgan fingerprint density at radius 2 is 2.00 bits per heavy atom. The number of benzene rings is 1. The Morgan fingerprint density at radius 1 is 1.33 bits per heavy atom. The predicted octanol–water partition coefficient (Wildman–Crippen LogP) is 1.78. The molecular weight excluding hydrogens is 230 g/mol. The van der Waals surface area contributed by atoms with Crippen LogP contribution in [0.2, 0.25) is 0 Å². The maximum absolute atomic E-state index is 10.8. The van der Waals surface area contributed by atoms with Crippen molar-refractivity contribution in [2.45, 2.75) is 19.9 Å². The van der Waals surface area contributed by atoms with Crippen LogP contribution in [0.4, 0.5) is 0 Å². The van der Waals surface area contributed by atoms with Gasteiger partial charge in [-0.05, 0) is 17.7 Å². The maximum Gasteiger partial charge on any atom is 0.307 e. The minimum absolute atomic E-state index is 0.0814. The minimum atomic E-state index is -0.789. The van der Waals surface area contributed by atoms with E-state index in [1.54, 1.807) is 7.11 Å². The highest BCUT2D eigenvalue weighted by atomic mass is 16.5. The summed E-state index contributed by atoms with van der Waals surface area (Å²) in [4.78, 5) is 13.1. The van der Waals surface area contributed by atoms with Gasteiger partial charge in [0.2, 0.25) is 0 Å². The smallest absolute Gasteiger partial charge is 0.307 e. The zero-order chi connectivity index (χ0) is 13.4. The number of likely N-dealkylation sites (N-methyl/N-ethyl adjacent to an activating group) is 1. The number of ether oxygens (including phenoxy) is 1. The monoisotopic (exact) mass is 251 g/mol. The van der Waals surface area contributed by atoms with E-state index >= 15 is 0 Å². The number of carboxylic acids is 1. The number of carboxylic acid groups (broad SMARTS) is 1. The largest absolute Gasteiger partial charge is 0.481 e.